The van der Waals surface area contributed by atoms with Gasteiger partial charge in [-0.2, -0.15) is 18.2 Å². The number of aromatic nitrogens is 1. The van der Waals surface area contributed by atoms with E-state index in [4.69, 9.17) is 34.8 Å². The van der Waals surface area contributed by atoms with Crippen LogP contribution in [-0.2, 0) is 30.8 Å². The van der Waals surface area contributed by atoms with Crippen LogP contribution in [-0.4, -0.2) is 38.7 Å². The van der Waals surface area contributed by atoms with Gasteiger partial charge in [0.1, 0.15) is 5.75 Å². The first kappa shape index (κ1) is 36.1. The van der Waals surface area contributed by atoms with Gasteiger partial charge in [0.25, 0.3) is 11.8 Å². The van der Waals surface area contributed by atoms with Crippen LogP contribution in [0.5, 0.6) is 5.75 Å². The number of rotatable bonds is 5. The van der Waals surface area contributed by atoms with Crippen LogP contribution >= 0.6 is 34.8 Å². The molecule has 8 rings (SSSR count). The monoisotopic (exact) mass is 794 g/mol. The number of nitrogens with one attached hydrogen (secondary N) is 1. The largest absolute Gasteiger partial charge is 0.508 e. The number of anilines is 2. The lowest BCUT2D eigenvalue weighted by Gasteiger charge is -2.50. The summed E-state index contributed by atoms with van der Waals surface area (Å²) in [5, 5.41) is 12.4. The molecule has 2 aliphatic carbocycles. The molecule has 0 radical (unpaired) electrons. The molecule has 1 saturated carbocycles. The summed E-state index contributed by atoms with van der Waals surface area (Å²) in [6, 6.07) is 18.2. The van der Waals surface area contributed by atoms with Gasteiger partial charge in [-0.05, 0) is 73.2 Å². The molecule has 3 aromatic carbocycles. The molecule has 4 aromatic rings. The molecule has 9 nitrogen and oxygen atoms in total. The first-order valence-electron chi connectivity index (χ1n) is 16.9. The van der Waals surface area contributed by atoms with E-state index >= 15 is 4.79 Å². The minimum atomic E-state index is -4.75. The molecule has 6 atom stereocenters. The molecule has 54 heavy (non-hydrogen) atoms. The zero-order chi connectivity index (χ0) is 38.4. The number of halogens is 6. The number of allylic oxidation sites excluding steroid dienone is 2. The number of hydrogen-bond acceptors (Lipinski definition) is 7. The van der Waals surface area contributed by atoms with E-state index in [1.54, 1.807) is 67.6 Å². The van der Waals surface area contributed by atoms with E-state index in [9.17, 15) is 32.7 Å². The second-order valence-electron chi connectivity index (χ2n) is 13.9. The molecule has 2 saturated heterocycles. The molecule has 4 amide bonds. The van der Waals surface area contributed by atoms with E-state index in [-0.39, 0.29) is 24.4 Å². The van der Waals surface area contributed by atoms with Crippen molar-refractivity contribution in [3.8, 4) is 5.75 Å². The Morgan fingerprint density at radius 3 is 2.28 bits per heavy atom. The number of para-hydroxylation sites is 1. The first-order chi connectivity index (χ1) is 25.6. The molecule has 0 bridgehead atoms. The van der Waals surface area contributed by atoms with Crippen molar-refractivity contribution in [2.75, 3.05) is 10.3 Å². The molecule has 15 heteroatoms. The topological polar surface area (TPSA) is 120 Å². The van der Waals surface area contributed by atoms with Crippen molar-refractivity contribution in [3.63, 3.8) is 0 Å². The third-order valence-corrected chi connectivity index (χ3v) is 12.2. The Hall–Kier alpha value is -4.91. The maximum absolute atomic E-state index is 15.2. The molecule has 4 aliphatic rings. The Labute approximate surface area is 321 Å². The van der Waals surface area contributed by atoms with Gasteiger partial charge in [-0.3, -0.25) is 24.6 Å². The van der Waals surface area contributed by atoms with E-state index in [0.29, 0.717) is 49.7 Å². The van der Waals surface area contributed by atoms with Crippen molar-refractivity contribution in [2.24, 2.45) is 23.7 Å². The van der Waals surface area contributed by atoms with Crippen LogP contribution in [0, 0.1) is 30.6 Å². The number of hydrogen-bond donors (Lipinski definition) is 2. The Kier molecular flexibility index (Phi) is 8.59. The average Bonchev–Trinajstić information content (AvgIpc) is 3.51. The smallest absolute Gasteiger partial charge is 0.417 e. The van der Waals surface area contributed by atoms with E-state index in [0.717, 1.165) is 10.5 Å². The number of carbonyl (C=O) groups excluding carboxylic acids is 4. The first-order valence-corrected chi connectivity index (χ1v) is 18.0. The van der Waals surface area contributed by atoms with E-state index in [1.165, 1.54) is 6.07 Å². The highest BCUT2D eigenvalue weighted by Gasteiger charge is 2.70. The zero-order valence-electron chi connectivity index (χ0n) is 28.1. The van der Waals surface area contributed by atoms with Gasteiger partial charge in [-0.1, -0.05) is 82.9 Å². The minimum Gasteiger partial charge on any atom is -0.508 e. The van der Waals surface area contributed by atoms with Crippen molar-refractivity contribution in [1.82, 2.24) is 9.99 Å². The fourth-order valence-corrected chi connectivity index (χ4v) is 9.34. The SMILES string of the molecule is Cc1ccc(N2C(=O)[C@H]3[C@H](CC=C4[C@H]3C[C@H]3C(=O)N(Nc5ncc(C(F)(F)F)cc5Cl)C(=O)[C@@]3(c3ccc(Cl)cc3)[C@H]4c3ccccc3O)C2=O)cc1Cl. The number of amides is 4. The summed E-state index contributed by atoms with van der Waals surface area (Å²) in [5.74, 6) is -7.76. The van der Waals surface area contributed by atoms with Gasteiger partial charge in [0.05, 0.1) is 39.4 Å². The second kappa shape index (κ2) is 12.9. The van der Waals surface area contributed by atoms with Gasteiger partial charge in [-0.25, -0.2) is 9.88 Å². The zero-order valence-corrected chi connectivity index (χ0v) is 30.3. The van der Waals surface area contributed by atoms with Crippen molar-refractivity contribution in [3.05, 3.63) is 128 Å². The maximum atomic E-state index is 15.2. The molecular formula is C39H28Cl3F3N4O5. The number of phenols is 1. The molecule has 2 aliphatic heterocycles. The van der Waals surface area contributed by atoms with E-state index in [2.05, 4.69) is 10.4 Å². The number of hydrazine groups is 1. The third-order valence-electron chi connectivity index (χ3n) is 11.2. The summed E-state index contributed by atoms with van der Waals surface area (Å²) in [5.41, 5.74) is 1.99. The predicted molar refractivity (Wildman–Crippen MR) is 194 cm³/mol. The summed E-state index contributed by atoms with van der Waals surface area (Å²) in [4.78, 5) is 63.4. The maximum Gasteiger partial charge on any atom is 0.417 e. The highest BCUT2D eigenvalue weighted by molar-refractivity contribution is 6.33. The van der Waals surface area contributed by atoms with Crippen LogP contribution < -0.4 is 10.3 Å². The molecular weight excluding hydrogens is 768 g/mol. The second-order valence-corrected chi connectivity index (χ2v) is 15.2. The molecule has 276 valence electrons. The number of phenolic OH excluding ortho intramolecular Hbond substituents is 1. The Morgan fingerprint density at radius 1 is 0.889 bits per heavy atom. The Bertz CT molecular complexity index is 2320. The quantitative estimate of drug-likeness (QED) is 0.154. The van der Waals surface area contributed by atoms with Crippen LogP contribution in [0.2, 0.25) is 15.1 Å². The lowest BCUT2D eigenvalue weighted by Crippen LogP contribution is -2.53. The number of nitrogens with zero attached hydrogens (tertiary/aromatic N) is 3. The lowest BCUT2D eigenvalue weighted by atomic mass is 9.49. The molecule has 1 aromatic heterocycles. The van der Waals surface area contributed by atoms with Gasteiger partial charge in [0, 0.05) is 27.7 Å². The number of aryl methyl sites for hydroxylation is 1. The van der Waals surface area contributed by atoms with Crippen molar-refractivity contribution in [1.29, 1.82) is 0 Å². The molecule has 0 unspecified atom stereocenters. The van der Waals surface area contributed by atoms with Gasteiger partial charge in [0.15, 0.2) is 5.82 Å². The highest BCUT2D eigenvalue weighted by Crippen LogP contribution is 2.65. The van der Waals surface area contributed by atoms with Crippen molar-refractivity contribution >= 4 is 69.9 Å². The van der Waals surface area contributed by atoms with Crippen LogP contribution in [0.3, 0.4) is 0 Å². The Morgan fingerprint density at radius 2 is 1.61 bits per heavy atom. The van der Waals surface area contributed by atoms with Gasteiger partial charge < -0.3 is 5.11 Å². The standard InChI is InChI=1S/C39H28Cl3F3N4O5/c1-18-6-11-22(15-28(18)41)48-34(51)25-13-12-23-26(31(25)36(48)53)16-27-35(52)49(47-33-29(42)14-20(17-46-33)39(43,44)45)37(54)38(27,19-7-9-21(40)10-8-19)32(23)24-4-2-3-5-30(24)50/h2-12,14-15,17,25-27,31-32,50H,13,16H2,1H3,(H,46,47)/t25-,26+,27-,31-,32+,38+/m0/s1. The third kappa shape index (κ3) is 5.32. The van der Waals surface area contributed by atoms with Crippen LogP contribution in [0.25, 0.3) is 0 Å². The number of pyridine rings is 1. The molecule has 2 N–H and O–H groups in total. The highest BCUT2D eigenvalue weighted by atomic mass is 35.5. The normalized spacial score (nSPS) is 26.4. The van der Waals surface area contributed by atoms with Crippen LogP contribution in [0.15, 0.2) is 90.6 Å². The number of aromatic hydroxyl groups is 1. The fraction of sp³-hybridized carbons (Fsp3) is 0.256. The Balaban J connectivity index is 1.30. The van der Waals surface area contributed by atoms with Gasteiger partial charge in [0.2, 0.25) is 11.8 Å². The molecule has 0 spiro atoms. The number of imide groups is 2. The van der Waals surface area contributed by atoms with Gasteiger partial charge in [-0.15, -0.1) is 0 Å². The van der Waals surface area contributed by atoms with Crippen molar-refractivity contribution < 1.29 is 37.5 Å². The summed E-state index contributed by atoms with van der Waals surface area (Å²) in [7, 11) is 0. The fourth-order valence-electron chi connectivity index (χ4n) is 8.83. The van der Waals surface area contributed by atoms with Crippen molar-refractivity contribution in [2.45, 2.75) is 37.3 Å². The number of benzene rings is 3. The minimum absolute atomic E-state index is 0.0713. The average molecular weight is 796 g/mol. The summed E-state index contributed by atoms with van der Waals surface area (Å²) in [6.07, 6.45) is -2.33. The van der Waals surface area contributed by atoms with Crippen LogP contribution in [0.1, 0.15) is 41.0 Å². The van der Waals surface area contributed by atoms with Crippen LogP contribution in [0.4, 0.5) is 24.7 Å². The molecule has 3 heterocycles. The number of alkyl halides is 3. The summed E-state index contributed by atoms with van der Waals surface area (Å²) in [6.45, 7) is 1.80. The number of fused-ring (bicyclic) bond motifs is 4. The number of carbonyl (C=O) groups is 4. The summed E-state index contributed by atoms with van der Waals surface area (Å²) < 4.78 is 40.4. The van der Waals surface area contributed by atoms with Gasteiger partial charge >= 0.3 is 6.18 Å². The van der Waals surface area contributed by atoms with E-state index in [1.807, 2.05) is 6.08 Å². The lowest BCUT2D eigenvalue weighted by molar-refractivity contribution is -0.139. The van der Waals surface area contributed by atoms with E-state index < -0.39 is 75.4 Å². The molecule has 3 fully saturated rings. The summed E-state index contributed by atoms with van der Waals surface area (Å²) >= 11 is 18.9. The predicted octanol–water partition coefficient (Wildman–Crippen LogP) is 8.26.